The van der Waals surface area contributed by atoms with Crippen LogP contribution in [0.5, 0.6) is 0 Å². The van der Waals surface area contributed by atoms with E-state index in [0.717, 1.165) is 35.4 Å². The molecule has 2 heterocycles. The number of benzene rings is 2. The summed E-state index contributed by atoms with van der Waals surface area (Å²) in [4.78, 5) is 30.4. The molecule has 2 aromatic carbocycles. The Balaban J connectivity index is 1.37. The van der Waals surface area contributed by atoms with Crippen LogP contribution in [0.15, 0.2) is 54.7 Å². The topological polar surface area (TPSA) is 60.8 Å². The zero-order chi connectivity index (χ0) is 22.0. The molecule has 0 unspecified atom stereocenters. The standard InChI is InChI=1S/C23H26ClN5O2/c1-26(2)22(30)16-29-9-8-17-14-19(6-7-21(17)29)25-23(31)28-12-10-27(11-13-28)20-5-3-4-18(24)15-20/h3-9,14-15H,10-13,16H2,1-2H3,(H,25,31). The number of nitrogens with zero attached hydrogens (tertiary/aromatic N) is 4. The zero-order valence-corrected chi connectivity index (χ0v) is 18.5. The molecule has 1 aliphatic rings. The fraction of sp³-hybridized carbons (Fsp3) is 0.304. The van der Waals surface area contributed by atoms with Crippen LogP contribution in [-0.2, 0) is 11.3 Å². The molecule has 3 amide bonds. The van der Waals surface area contributed by atoms with Crippen LogP contribution in [0.25, 0.3) is 10.9 Å². The number of carbonyl (C=O) groups is 2. The number of nitrogens with one attached hydrogen (secondary N) is 1. The lowest BCUT2D eigenvalue weighted by atomic mass is 10.2. The maximum absolute atomic E-state index is 12.7. The third kappa shape index (κ3) is 4.77. The third-order valence-corrected chi connectivity index (χ3v) is 5.80. The molecule has 4 rings (SSSR count). The van der Waals surface area contributed by atoms with Crippen molar-refractivity contribution in [2.75, 3.05) is 50.5 Å². The molecule has 0 aliphatic carbocycles. The van der Waals surface area contributed by atoms with Gasteiger partial charge in [0, 0.05) is 73.8 Å². The second-order valence-corrected chi connectivity index (χ2v) is 8.33. The number of hydrogen-bond acceptors (Lipinski definition) is 3. The number of halogens is 1. The number of carbonyl (C=O) groups excluding carboxylic acids is 2. The lowest BCUT2D eigenvalue weighted by molar-refractivity contribution is -0.129. The summed E-state index contributed by atoms with van der Waals surface area (Å²) in [6, 6.07) is 15.4. The summed E-state index contributed by atoms with van der Waals surface area (Å²) in [5.41, 5.74) is 2.78. The van der Waals surface area contributed by atoms with Gasteiger partial charge in [-0.3, -0.25) is 4.79 Å². The van der Waals surface area contributed by atoms with Crippen molar-refractivity contribution >= 4 is 45.8 Å². The number of anilines is 2. The van der Waals surface area contributed by atoms with Crippen LogP contribution in [0.2, 0.25) is 5.02 Å². The highest BCUT2D eigenvalue weighted by atomic mass is 35.5. The van der Waals surface area contributed by atoms with Gasteiger partial charge in [-0.2, -0.15) is 0 Å². The molecule has 0 atom stereocenters. The average Bonchev–Trinajstić information content (AvgIpc) is 3.15. The van der Waals surface area contributed by atoms with Gasteiger partial charge in [-0.25, -0.2) is 4.79 Å². The van der Waals surface area contributed by atoms with Crippen molar-refractivity contribution < 1.29 is 9.59 Å². The second kappa shape index (κ2) is 8.89. The summed E-state index contributed by atoms with van der Waals surface area (Å²) < 4.78 is 1.92. The quantitative estimate of drug-likeness (QED) is 0.673. The fourth-order valence-electron chi connectivity index (χ4n) is 3.75. The normalized spacial score (nSPS) is 14.0. The van der Waals surface area contributed by atoms with Crippen molar-refractivity contribution in [3.63, 3.8) is 0 Å². The van der Waals surface area contributed by atoms with E-state index in [4.69, 9.17) is 11.6 Å². The summed E-state index contributed by atoms with van der Waals surface area (Å²) in [5.74, 6) is 0.0341. The van der Waals surface area contributed by atoms with Gasteiger partial charge in [-0.05, 0) is 42.5 Å². The highest BCUT2D eigenvalue weighted by Crippen LogP contribution is 2.23. The Hall–Kier alpha value is -3.19. The fourth-order valence-corrected chi connectivity index (χ4v) is 3.93. The number of aromatic nitrogens is 1. The molecule has 7 nitrogen and oxygen atoms in total. The Morgan fingerprint density at radius 2 is 1.81 bits per heavy atom. The molecular formula is C23H26ClN5O2. The van der Waals surface area contributed by atoms with E-state index in [1.807, 2.05) is 64.2 Å². The van der Waals surface area contributed by atoms with Gasteiger partial charge in [0.05, 0.1) is 0 Å². The van der Waals surface area contributed by atoms with Gasteiger partial charge in [0.25, 0.3) is 0 Å². The number of amides is 3. The van der Waals surface area contributed by atoms with Crippen molar-refractivity contribution in [2.24, 2.45) is 0 Å². The number of hydrogen-bond donors (Lipinski definition) is 1. The molecule has 0 bridgehead atoms. The number of piperazine rings is 1. The highest BCUT2D eigenvalue weighted by molar-refractivity contribution is 6.30. The van der Waals surface area contributed by atoms with Crippen LogP contribution in [0.3, 0.4) is 0 Å². The van der Waals surface area contributed by atoms with Crippen LogP contribution in [0.4, 0.5) is 16.2 Å². The Morgan fingerprint density at radius 1 is 1.03 bits per heavy atom. The first-order valence-electron chi connectivity index (χ1n) is 10.3. The Morgan fingerprint density at radius 3 is 2.52 bits per heavy atom. The van der Waals surface area contributed by atoms with Crippen LogP contribution in [-0.4, -0.2) is 66.6 Å². The molecule has 1 aromatic heterocycles. The van der Waals surface area contributed by atoms with E-state index in [1.165, 1.54) is 0 Å². The Kier molecular flexibility index (Phi) is 6.04. The monoisotopic (exact) mass is 439 g/mol. The maximum atomic E-state index is 12.7. The van der Waals surface area contributed by atoms with Crippen molar-refractivity contribution in [1.82, 2.24) is 14.4 Å². The lowest BCUT2D eigenvalue weighted by Gasteiger charge is -2.36. The van der Waals surface area contributed by atoms with Gasteiger partial charge in [0.15, 0.2) is 0 Å². The van der Waals surface area contributed by atoms with Crippen molar-refractivity contribution in [3.05, 3.63) is 59.8 Å². The molecule has 31 heavy (non-hydrogen) atoms. The summed E-state index contributed by atoms with van der Waals surface area (Å²) in [7, 11) is 3.49. The van der Waals surface area contributed by atoms with E-state index in [-0.39, 0.29) is 11.9 Å². The number of likely N-dealkylation sites (N-methyl/N-ethyl adjacent to an activating group) is 1. The third-order valence-electron chi connectivity index (χ3n) is 5.57. The minimum Gasteiger partial charge on any atom is -0.368 e. The van der Waals surface area contributed by atoms with E-state index in [2.05, 4.69) is 10.2 Å². The van der Waals surface area contributed by atoms with Crippen LogP contribution < -0.4 is 10.2 Å². The predicted molar refractivity (Wildman–Crippen MR) is 125 cm³/mol. The lowest BCUT2D eigenvalue weighted by Crippen LogP contribution is -2.50. The first-order chi connectivity index (χ1) is 14.9. The summed E-state index contributed by atoms with van der Waals surface area (Å²) >= 11 is 6.09. The van der Waals surface area contributed by atoms with Gasteiger partial charge in [0.1, 0.15) is 6.54 Å². The van der Waals surface area contributed by atoms with Crippen LogP contribution >= 0.6 is 11.6 Å². The van der Waals surface area contributed by atoms with E-state index < -0.39 is 0 Å². The van der Waals surface area contributed by atoms with Crippen molar-refractivity contribution in [3.8, 4) is 0 Å². The molecule has 1 aliphatic heterocycles. The van der Waals surface area contributed by atoms with E-state index in [9.17, 15) is 9.59 Å². The molecule has 1 saturated heterocycles. The molecule has 3 aromatic rings. The van der Waals surface area contributed by atoms with Gasteiger partial charge in [-0.15, -0.1) is 0 Å². The Bertz CT molecular complexity index is 1100. The van der Waals surface area contributed by atoms with Gasteiger partial charge in [0.2, 0.25) is 5.91 Å². The van der Waals surface area contributed by atoms with Crippen LogP contribution in [0, 0.1) is 0 Å². The number of fused-ring (bicyclic) bond motifs is 1. The molecule has 0 spiro atoms. The molecule has 162 valence electrons. The van der Waals surface area contributed by atoms with Gasteiger partial charge < -0.3 is 24.6 Å². The SMILES string of the molecule is CN(C)C(=O)Cn1ccc2cc(NC(=O)N3CCN(c4cccc(Cl)c4)CC3)ccc21. The Labute approximate surface area is 186 Å². The molecule has 1 fully saturated rings. The molecule has 0 saturated carbocycles. The van der Waals surface area contributed by atoms with Crippen molar-refractivity contribution in [2.45, 2.75) is 6.54 Å². The van der Waals surface area contributed by atoms with Crippen molar-refractivity contribution in [1.29, 1.82) is 0 Å². The average molecular weight is 440 g/mol. The zero-order valence-electron chi connectivity index (χ0n) is 17.7. The largest absolute Gasteiger partial charge is 0.368 e. The van der Waals surface area contributed by atoms with E-state index in [0.29, 0.717) is 24.7 Å². The minimum atomic E-state index is -0.104. The summed E-state index contributed by atoms with van der Waals surface area (Å²) in [6.45, 7) is 3.09. The molecule has 1 N–H and O–H groups in total. The smallest absolute Gasteiger partial charge is 0.321 e. The molecular weight excluding hydrogens is 414 g/mol. The highest BCUT2D eigenvalue weighted by Gasteiger charge is 2.21. The second-order valence-electron chi connectivity index (χ2n) is 7.89. The first-order valence-corrected chi connectivity index (χ1v) is 10.6. The predicted octanol–water partition coefficient (Wildman–Crippen LogP) is 3.74. The van der Waals surface area contributed by atoms with E-state index >= 15 is 0 Å². The molecule has 0 radical (unpaired) electrons. The number of rotatable bonds is 4. The van der Waals surface area contributed by atoms with Gasteiger partial charge in [-0.1, -0.05) is 17.7 Å². The molecule has 8 heteroatoms. The maximum Gasteiger partial charge on any atom is 0.321 e. The minimum absolute atomic E-state index is 0.0341. The summed E-state index contributed by atoms with van der Waals surface area (Å²) in [5, 5.41) is 4.70. The van der Waals surface area contributed by atoms with Gasteiger partial charge >= 0.3 is 6.03 Å². The van der Waals surface area contributed by atoms with Crippen LogP contribution in [0.1, 0.15) is 0 Å². The summed E-state index contributed by atoms with van der Waals surface area (Å²) in [6.07, 6.45) is 1.90. The first kappa shape index (κ1) is 21.1. The van der Waals surface area contributed by atoms with E-state index in [1.54, 1.807) is 19.0 Å². The number of urea groups is 1.